The van der Waals surface area contributed by atoms with Crippen molar-refractivity contribution >= 4 is 11.7 Å². The molecular weight excluding hydrogens is 246 g/mol. The van der Waals surface area contributed by atoms with E-state index in [1.165, 1.54) is 13.5 Å². The van der Waals surface area contributed by atoms with Gasteiger partial charge in [-0.1, -0.05) is 6.07 Å². The van der Waals surface area contributed by atoms with Crippen LogP contribution in [-0.4, -0.2) is 29.3 Å². The molecule has 1 aromatic carbocycles. The highest BCUT2D eigenvalue weighted by Gasteiger charge is 2.14. The van der Waals surface area contributed by atoms with E-state index in [4.69, 9.17) is 4.42 Å². The second-order valence-corrected chi connectivity index (χ2v) is 4.16. The van der Waals surface area contributed by atoms with Crippen molar-refractivity contribution in [2.75, 3.05) is 12.4 Å². The van der Waals surface area contributed by atoms with Gasteiger partial charge < -0.3 is 14.5 Å². The molecule has 0 radical (unpaired) electrons. The van der Waals surface area contributed by atoms with Gasteiger partial charge in [-0.15, -0.1) is 10.2 Å². The van der Waals surface area contributed by atoms with E-state index < -0.39 is 6.04 Å². The van der Waals surface area contributed by atoms with Crippen LogP contribution in [0.1, 0.15) is 12.5 Å². The van der Waals surface area contributed by atoms with Crippen LogP contribution in [0, 0.1) is 6.92 Å². The number of carbonyl (C=O) groups is 1. The second kappa shape index (κ2) is 5.51. The Morgan fingerprint density at radius 2 is 2.26 bits per heavy atom. The third-order valence-corrected chi connectivity index (χ3v) is 2.77. The van der Waals surface area contributed by atoms with E-state index in [0.29, 0.717) is 5.89 Å². The number of hydrogen-bond donors (Lipinski definition) is 1. The molecule has 1 aromatic heterocycles. The maximum Gasteiger partial charge on any atom is 0.327 e. The number of aromatic nitrogens is 2. The summed E-state index contributed by atoms with van der Waals surface area (Å²) in [7, 11) is 1.36. The minimum absolute atomic E-state index is 0.317. The molecule has 1 heterocycles. The summed E-state index contributed by atoms with van der Waals surface area (Å²) < 4.78 is 9.83. The van der Waals surface area contributed by atoms with Gasteiger partial charge in [-0.25, -0.2) is 4.79 Å². The van der Waals surface area contributed by atoms with Gasteiger partial charge in [-0.3, -0.25) is 0 Å². The first kappa shape index (κ1) is 13.1. The van der Waals surface area contributed by atoms with Gasteiger partial charge in [-0.2, -0.15) is 0 Å². The van der Waals surface area contributed by atoms with Crippen LogP contribution in [0.15, 0.2) is 29.0 Å². The van der Waals surface area contributed by atoms with Gasteiger partial charge >= 0.3 is 5.97 Å². The van der Waals surface area contributed by atoms with E-state index in [-0.39, 0.29) is 5.97 Å². The van der Waals surface area contributed by atoms with Crippen molar-refractivity contribution in [2.24, 2.45) is 0 Å². The number of esters is 1. The average molecular weight is 261 g/mol. The zero-order chi connectivity index (χ0) is 13.8. The van der Waals surface area contributed by atoms with Crippen LogP contribution >= 0.6 is 0 Å². The molecular formula is C13H15N3O3. The fraction of sp³-hybridized carbons (Fsp3) is 0.308. The molecule has 0 aliphatic heterocycles. The zero-order valence-corrected chi connectivity index (χ0v) is 11.0. The molecule has 0 spiro atoms. The van der Waals surface area contributed by atoms with Crippen LogP contribution in [0.5, 0.6) is 0 Å². The highest BCUT2D eigenvalue weighted by molar-refractivity contribution is 5.79. The predicted octanol–water partition coefficient (Wildman–Crippen LogP) is 2.02. The molecule has 1 unspecified atom stereocenters. The van der Waals surface area contributed by atoms with Crippen LogP contribution in [0.2, 0.25) is 0 Å². The van der Waals surface area contributed by atoms with Crippen molar-refractivity contribution in [2.45, 2.75) is 19.9 Å². The quantitative estimate of drug-likeness (QED) is 0.848. The number of anilines is 1. The Balaban J connectivity index is 2.25. The largest absolute Gasteiger partial charge is 0.467 e. The summed E-state index contributed by atoms with van der Waals surface area (Å²) >= 11 is 0. The van der Waals surface area contributed by atoms with Crippen molar-refractivity contribution in [1.82, 2.24) is 10.2 Å². The predicted molar refractivity (Wildman–Crippen MR) is 69.6 cm³/mol. The summed E-state index contributed by atoms with van der Waals surface area (Å²) in [5.41, 5.74) is 2.63. The molecule has 19 heavy (non-hydrogen) atoms. The first-order chi connectivity index (χ1) is 9.11. The molecule has 0 bridgehead atoms. The van der Waals surface area contributed by atoms with Crippen molar-refractivity contribution in [1.29, 1.82) is 0 Å². The number of aryl methyl sites for hydroxylation is 1. The number of rotatable bonds is 4. The van der Waals surface area contributed by atoms with Gasteiger partial charge in [0.15, 0.2) is 0 Å². The van der Waals surface area contributed by atoms with Gasteiger partial charge in [0.05, 0.1) is 7.11 Å². The Bertz CT molecular complexity index is 567. The Hall–Kier alpha value is -2.37. The second-order valence-electron chi connectivity index (χ2n) is 4.16. The SMILES string of the molecule is COC(=O)C(C)Nc1cc(-c2nnco2)ccc1C. The summed E-state index contributed by atoms with van der Waals surface area (Å²) in [5.74, 6) is 0.122. The topological polar surface area (TPSA) is 77.2 Å². The Morgan fingerprint density at radius 3 is 2.89 bits per heavy atom. The van der Waals surface area contributed by atoms with Crippen LogP contribution in [-0.2, 0) is 9.53 Å². The lowest BCUT2D eigenvalue weighted by molar-refractivity contribution is -0.141. The maximum atomic E-state index is 11.4. The summed E-state index contributed by atoms with van der Waals surface area (Å²) in [6, 6.07) is 5.24. The van der Waals surface area contributed by atoms with Crippen LogP contribution in [0.25, 0.3) is 11.5 Å². The molecule has 100 valence electrons. The van der Waals surface area contributed by atoms with E-state index in [9.17, 15) is 4.79 Å². The molecule has 0 fully saturated rings. The van der Waals surface area contributed by atoms with E-state index in [0.717, 1.165) is 16.8 Å². The standard InChI is InChI=1S/C13H15N3O3/c1-8-4-5-10(12-16-14-7-19-12)6-11(8)15-9(2)13(17)18-3/h4-7,9,15H,1-3H3. The minimum Gasteiger partial charge on any atom is -0.467 e. The molecule has 2 aromatic rings. The Kier molecular flexibility index (Phi) is 3.79. The van der Waals surface area contributed by atoms with Gasteiger partial charge in [0, 0.05) is 11.3 Å². The lowest BCUT2D eigenvalue weighted by Gasteiger charge is -2.15. The first-order valence-electron chi connectivity index (χ1n) is 5.83. The number of nitrogens with one attached hydrogen (secondary N) is 1. The fourth-order valence-corrected chi connectivity index (χ4v) is 1.68. The van der Waals surface area contributed by atoms with Gasteiger partial charge in [0.2, 0.25) is 12.3 Å². The number of carbonyl (C=O) groups excluding carboxylic acids is 1. The Morgan fingerprint density at radius 1 is 1.47 bits per heavy atom. The lowest BCUT2D eigenvalue weighted by atomic mass is 10.1. The molecule has 0 saturated carbocycles. The van der Waals surface area contributed by atoms with E-state index >= 15 is 0 Å². The normalized spacial score (nSPS) is 11.9. The molecule has 0 aliphatic rings. The monoisotopic (exact) mass is 261 g/mol. The summed E-state index contributed by atoms with van der Waals surface area (Å²) in [5, 5.41) is 10.6. The van der Waals surface area contributed by atoms with Gasteiger partial charge in [-0.05, 0) is 31.5 Å². The van der Waals surface area contributed by atoms with E-state index in [1.807, 2.05) is 25.1 Å². The van der Waals surface area contributed by atoms with E-state index in [1.54, 1.807) is 6.92 Å². The summed E-state index contributed by atoms with van der Waals surface area (Å²) in [6.07, 6.45) is 1.28. The third-order valence-electron chi connectivity index (χ3n) is 2.77. The zero-order valence-electron chi connectivity index (χ0n) is 11.0. The number of nitrogens with zero attached hydrogens (tertiary/aromatic N) is 2. The highest BCUT2D eigenvalue weighted by atomic mass is 16.5. The third kappa shape index (κ3) is 2.90. The summed E-state index contributed by atoms with van der Waals surface area (Å²) in [4.78, 5) is 11.4. The number of ether oxygens (including phenoxy) is 1. The lowest BCUT2D eigenvalue weighted by Crippen LogP contribution is -2.27. The molecule has 0 aliphatic carbocycles. The molecule has 2 rings (SSSR count). The van der Waals surface area contributed by atoms with E-state index in [2.05, 4.69) is 20.3 Å². The average Bonchev–Trinajstić information content (AvgIpc) is 2.94. The number of benzene rings is 1. The Labute approximate surface area is 110 Å². The van der Waals surface area contributed by atoms with Crippen molar-refractivity contribution in [3.05, 3.63) is 30.2 Å². The molecule has 0 amide bonds. The molecule has 1 N–H and O–H groups in total. The van der Waals surface area contributed by atoms with Crippen LogP contribution < -0.4 is 5.32 Å². The smallest absolute Gasteiger partial charge is 0.327 e. The first-order valence-corrected chi connectivity index (χ1v) is 5.83. The molecule has 1 atom stereocenters. The van der Waals surface area contributed by atoms with Crippen molar-refractivity contribution < 1.29 is 13.9 Å². The minimum atomic E-state index is -0.429. The van der Waals surface area contributed by atoms with Gasteiger partial charge in [0.1, 0.15) is 6.04 Å². The van der Waals surface area contributed by atoms with Crippen molar-refractivity contribution in [3.63, 3.8) is 0 Å². The van der Waals surface area contributed by atoms with Crippen LogP contribution in [0.4, 0.5) is 5.69 Å². The molecule has 6 heteroatoms. The number of hydrogen-bond acceptors (Lipinski definition) is 6. The van der Waals surface area contributed by atoms with Gasteiger partial charge in [0.25, 0.3) is 0 Å². The summed E-state index contributed by atoms with van der Waals surface area (Å²) in [6.45, 7) is 3.69. The fourth-order valence-electron chi connectivity index (χ4n) is 1.68. The maximum absolute atomic E-state index is 11.4. The molecule has 0 saturated heterocycles. The number of methoxy groups -OCH3 is 1. The van der Waals surface area contributed by atoms with Crippen LogP contribution in [0.3, 0.4) is 0 Å². The highest BCUT2D eigenvalue weighted by Crippen LogP contribution is 2.24. The van der Waals surface area contributed by atoms with Crippen molar-refractivity contribution in [3.8, 4) is 11.5 Å². The molecule has 6 nitrogen and oxygen atoms in total.